The van der Waals surface area contributed by atoms with Crippen LogP contribution in [0.1, 0.15) is 5.56 Å². The van der Waals surface area contributed by atoms with Gasteiger partial charge < -0.3 is 0 Å². The summed E-state index contributed by atoms with van der Waals surface area (Å²) in [7, 11) is 0. The van der Waals surface area contributed by atoms with Gasteiger partial charge in [0.2, 0.25) is 0 Å². The molecule has 0 fully saturated rings. The summed E-state index contributed by atoms with van der Waals surface area (Å²) in [5.74, 6) is 0. The van der Waals surface area contributed by atoms with Crippen LogP contribution in [0.3, 0.4) is 0 Å². The molecule has 0 atom stereocenters. The number of fused-ring (bicyclic) bond motifs is 1. The number of hydrogen-bond donors (Lipinski definition) is 0. The minimum Gasteiger partial charge on any atom is -0.192 e. The van der Waals surface area contributed by atoms with Gasteiger partial charge in [-0.3, -0.25) is 0 Å². The number of rotatable bonds is 0. The van der Waals surface area contributed by atoms with Gasteiger partial charge in [0.25, 0.3) is 0 Å². The summed E-state index contributed by atoms with van der Waals surface area (Å²) < 4.78 is 0. The number of hydrogen-bond acceptors (Lipinski definition) is 1. The molecule has 0 aliphatic heterocycles. The van der Waals surface area contributed by atoms with E-state index in [1.807, 2.05) is 30.3 Å². The molecule has 1 nitrogen and oxygen atoms in total. The zero-order valence-electron chi connectivity index (χ0n) is 6.79. The lowest BCUT2D eigenvalue weighted by molar-refractivity contribution is 1.50. The Balaban J connectivity index is 2.91. The summed E-state index contributed by atoms with van der Waals surface area (Å²) in [6.45, 7) is 0. The van der Waals surface area contributed by atoms with E-state index in [2.05, 4.69) is 6.07 Å². The maximum Gasteiger partial charge on any atom is 0.0998 e. The highest BCUT2D eigenvalue weighted by molar-refractivity contribution is 6.31. The highest BCUT2D eigenvalue weighted by Gasteiger charge is 2.00. The molecule has 2 aromatic rings. The van der Waals surface area contributed by atoms with Crippen LogP contribution < -0.4 is 0 Å². The van der Waals surface area contributed by atoms with Crippen LogP contribution in [-0.2, 0) is 0 Å². The molecule has 0 aliphatic carbocycles. The van der Waals surface area contributed by atoms with E-state index in [4.69, 9.17) is 16.9 Å². The largest absolute Gasteiger partial charge is 0.192 e. The highest BCUT2D eigenvalue weighted by Crippen LogP contribution is 2.22. The zero-order chi connectivity index (χ0) is 9.26. The summed E-state index contributed by atoms with van der Waals surface area (Å²) in [6, 6.07) is 13.4. The second-order valence-electron chi connectivity index (χ2n) is 2.79. The molecule has 13 heavy (non-hydrogen) atoms. The normalized spacial score (nSPS) is 9.85. The molecular weight excluding hydrogens is 182 g/mol. The SMILES string of the molecule is N#Cc1cc(Cl)cc2ccccc12. The van der Waals surface area contributed by atoms with Crippen molar-refractivity contribution in [2.75, 3.05) is 0 Å². The maximum absolute atomic E-state index is 8.85. The van der Waals surface area contributed by atoms with E-state index in [0.717, 1.165) is 10.8 Å². The van der Waals surface area contributed by atoms with Gasteiger partial charge in [-0.05, 0) is 22.9 Å². The van der Waals surface area contributed by atoms with Crippen molar-refractivity contribution in [2.24, 2.45) is 0 Å². The van der Waals surface area contributed by atoms with Gasteiger partial charge in [0.15, 0.2) is 0 Å². The molecule has 2 rings (SSSR count). The van der Waals surface area contributed by atoms with Crippen molar-refractivity contribution >= 4 is 22.4 Å². The van der Waals surface area contributed by atoms with Crippen LogP contribution in [0.5, 0.6) is 0 Å². The topological polar surface area (TPSA) is 23.8 Å². The van der Waals surface area contributed by atoms with E-state index in [1.165, 1.54) is 0 Å². The average Bonchev–Trinajstić information content (AvgIpc) is 2.16. The first-order valence-electron chi connectivity index (χ1n) is 3.89. The van der Waals surface area contributed by atoms with Gasteiger partial charge in [0.05, 0.1) is 11.6 Å². The standard InChI is InChI=1S/C11H6ClN/c12-10-5-8-3-1-2-4-11(8)9(6-10)7-13/h1-6H. The van der Waals surface area contributed by atoms with E-state index in [1.54, 1.807) is 6.07 Å². The first-order valence-corrected chi connectivity index (χ1v) is 4.27. The Bertz CT molecular complexity index is 497. The van der Waals surface area contributed by atoms with E-state index < -0.39 is 0 Å². The first kappa shape index (κ1) is 8.10. The molecule has 0 heterocycles. The monoisotopic (exact) mass is 187 g/mol. The smallest absolute Gasteiger partial charge is 0.0998 e. The fourth-order valence-electron chi connectivity index (χ4n) is 1.37. The van der Waals surface area contributed by atoms with Crippen LogP contribution in [0.4, 0.5) is 0 Å². The number of nitrogens with zero attached hydrogens (tertiary/aromatic N) is 1. The molecule has 0 spiro atoms. The summed E-state index contributed by atoms with van der Waals surface area (Å²) in [5.41, 5.74) is 0.628. The predicted octanol–water partition coefficient (Wildman–Crippen LogP) is 3.36. The lowest BCUT2D eigenvalue weighted by atomic mass is 10.1. The minimum atomic E-state index is 0.607. The Morgan fingerprint density at radius 2 is 1.92 bits per heavy atom. The van der Waals surface area contributed by atoms with Crippen molar-refractivity contribution in [3.63, 3.8) is 0 Å². The zero-order valence-corrected chi connectivity index (χ0v) is 7.55. The van der Waals surface area contributed by atoms with E-state index >= 15 is 0 Å². The predicted molar refractivity (Wildman–Crippen MR) is 53.7 cm³/mol. The second kappa shape index (κ2) is 3.08. The molecule has 0 saturated heterocycles. The fourth-order valence-corrected chi connectivity index (χ4v) is 1.59. The van der Waals surface area contributed by atoms with Gasteiger partial charge in [-0.25, -0.2) is 0 Å². The molecule has 0 radical (unpaired) electrons. The summed E-state index contributed by atoms with van der Waals surface area (Å²) in [4.78, 5) is 0. The molecule has 2 heteroatoms. The van der Waals surface area contributed by atoms with E-state index in [-0.39, 0.29) is 0 Å². The molecule has 0 bridgehead atoms. The van der Waals surface area contributed by atoms with Crippen LogP contribution >= 0.6 is 11.6 Å². The van der Waals surface area contributed by atoms with Crippen molar-refractivity contribution in [2.45, 2.75) is 0 Å². The highest BCUT2D eigenvalue weighted by atomic mass is 35.5. The Kier molecular flexibility index (Phi) is 1.92. The lowest BCUT2D eigenvalue weighted by Gasteiger charge is -1.99. The van der Waals surface area contributed by atoms with Crippen molar-refractivity contribution in [3.8, 4) is 6.07 Å². The summed E-state index contributed by atoms with van der Waals surface area (Å²) >= 11 is 5.85. The van der Waals surface area contributed by atoms with Crippen molar-refractivity contribution in [1.29, 1.82) is 5.26 Å². The number of halogens is 1. The third-order valence-electron chi connectivity index (χ3n) is 1.95. The van der Waals surface area contributed by atoms with Gasteiger partial charge in [-0.2, -0.15) is 5.26 Å². The Morgan fingerprint density at radius 3 is 2.69 bits per heavy atom. The molecule has 62 valence electrons. The van der Waals surface area contributed by atoms with Gasteiger partial charge in [-0.1, -0.05) is 35.9 Å². The second-order valence-corrected chi connectivity index (χ2v) is 3.22. The molecule has 0 saturated carbocycles. The van der Waals surface area contributed by atoms with Crippen LogP contribution in [0.2, 0.25) is 5.02 Å². The van der Waals surface area contributed by atoms with Gasteiger partial charge >= 0.3 is 0 Å². The number of benzene rings is 2. The Hall–Kier alpha value is -1.52. The van der Waals surface area contributed by atoms with Crippen LogP contribution in [-0.4, -0.2) is 0 Å². The Labute approximate surface area is 81.2 Å². The third kappa shape index (κ3) is 1.37. The van der Waals surface area contributed by atoms with Crippen molar-refractivity contribution in [1.82, 2.24) is 0 Å². The summed E-state index contributed by atoms with van der Waals surface area (Å²) in [6.07, 6.45) is 0. The van der Waals surface area contributed by atoms with Crippen molar-refractivity contribution in [3.05, 3.63) is 47.0 Å². The van der Waals surface area contributed by atoms with Gasteiger partial charge in [0, 0.05) is 5.02 Å². The molecule has 0 unspecified atom stereocenters. The third-order valence-corrected chi connectivity index (χ3v) is 2.17. The summed E-state index contributed by atoms with van der Waals surface area (Å²) in [5, 5.41) is 11.4. The van der Waals surface area contributed by atoms with Crippen molar-refractivity contribution < 1.29 is 0 Å². The number of nitriles is 1. The van der Waals surface area contributed by atoms with Gasteiger partial charge in [0.1, 0.15) is 0 Å². The maximum atomic E-state index is 8.85. The lowest BCUT2D eigenvalue weighted by Crippen LogP contribution is -1.79. The van der Waals surface area contributed by atoms with E-state index in [0.29, 0.717) is 10.6 Å². The molecule has 0 aromatic heterocycles. The van der Waals surface area contributed by atoms with Crippen LogP contribution in [0, 0.1) is 11.3 Å². The van der Waals surface area contributed by atoms with E-state index in [9.17, 15) is 0 Å². The first-order chi connectivity index (χ1) is 6.31. The average molecular weight is 188 g/mol. The fraction of sp³-hybridized carbons (Fsp3) is 0. The molecule has 0 amide bonds. The molecule has 0 aliphatic rings. The minimum absolute atomic E-state index is 0.607. The quantitative estimate of drug-likeness (QED) is 0.621. The molecular formula is C11H6ClN. The molecule has 0 N–H and O–H groups in total. The Morgan fingerprint density at radius 1 is 1.15 bits per heavy atom. The van der Waals surface area contributed by atoms with Gasteiger partial charge in [-0.15, -0.1) is 0 Å². The van der Waals surface area contributed by atoms with Crippen LogP contribution in [0.25, 0.3) is 10.8 Å². The van der Waals surface area contributed by atoms with Crippen LogP contribution in [0.15, 0.2) is 36.4 Å². The molecule has 2 aromatic carbocycles.